The molecule has 4 heterocycles. The number of hydrogen-bond donors (Lipinski definition) is 0. The lowest BCUT2D eigenvalue weighted by Gasteiger charge is -2.32. The summed E-state index contributed by atoms with van der Waals surface area (Å²) >= 11 is 0. The van der Waals surface area contributed by atoms with E-state index in [-0.39, 0.29) is 5.91 Å². The monoisotopic (exact) mass is 457 g/mol. The molecule has 0 spiro atoms. The first-order valence-corrected chi connectivity index (χ1v) is 12.1. The van der Waals surface area contributed by atoms with Gasteiger partial charge in [0.05, 0.1) is 5.69 Å². The Morgan fingerprint density at radius 2 is 1.74 bits per heavy atom. The summed E-state index contributed by atoms with van der Waals surface area (Å²) in [7, 11) is 0. The van der Waals surface area contributed by atoms with E-state index < -0.39 is 0 Å². The van der Waals surface area contributed by atoms with E-state index in [0.29, 0.717) is 30.2 Å². The van der Waals surface area contributed by atoms with Crippen LogP contribution in [-0.4, -0.2) is 53.5 Å². The van der Waals surface area contributed by atoms with Crippen LogP contribution in [0.2, 0.25) is 0 Å². The van der Waals surface area contributed by atoms with Crippen molar-refractivity contribution >= 4 is 11.6 Å². The number of carbonyl (C=O) groups is 1. The van der Waals surface area contributed by atoms with Crippen molar-refractivity contribution in [2.24, 2.45) is 5.92 Å². The lowest BCUT2D eigenvalue weighted by atomic mass is 9.90. The summed E-state index contributed by atoms with van der Waals surface area (Å²) in [6.07, 6.45) is 4.46. The van der Waals surface area contributed by atoms with E-state index in [9.17, 15) is 4.79 Å². The molecule has 1 aromatic carbocycles. The summed E-state index contributed by atoms with van der Waals surface area (Å²) in [4.78, 5) is 15.0. The molecule has 1 saturated heterocycles. The number of rotatable bonds is 6. The Labute approximate surface area is 199 Å². The molecule has 1 fully saturated rings. The molecular formula is C26H31N7O. The molecule has 4 aromatic rings. The topological polar surface area (TPSA) is 81.2 Å². The van der Waals surface area contributed by atoms with Gasteiger partial charge < -0.3 is 4.90 Å². The second-order valence-corrected chi connectivity index (χ2v) is 9.28. The van der Waals surface area contributed by atoms with Crippen molar-refractivity contribution in [1.29, 1.82) is 0 Å². The van der Waals surface area contributed by atoms with E-state index in [2.05, 4.69) is 45.6 Å². The van der Waals surface area contributed by atoms with E-state index in [1.54, 1.807) is 4.52 Å². The maximum absolute atomic E-state index is 13.0. The number of likely N-dealkylation sites (tertiary alicyclic amines) is 1. The molecule has 0 atom stereocenters. The Kier molecular flexibility index (Phi) is 6.13. The molecular weight excluding hydrogens is 426 g/mol. The van der Waals surface area contributed by atoms with Gasteiger partial charge in [-0.1, -0.05) is 30.3 Å². The summed E-state index contributed by atoms with van der Waals surface area (Å²) in [5.74, 6) is 2.35. The molecule has 0 radical (unpaired) electrons. The molecule has 176 valence electrons. The fraction of sp³-hybridized carbons (Fsp3) is 0.423. The van der Waals surface area contributed by atoms with E-state index in [4.69, 9.17) is 5.10 Å². The molecule has 0 N–H and O–H groups in total. The molecule has 3 aromatic heterocycles. The number of nitrogens with zero attached hydrogens (tertiary/aromatic N) is 7. The fourth-order valence-corrected chi connectivity index (χ4v) is 4.98. The lowest BCUT2D eigenvalue weighted by molar-refractivity contribution is -0.132. The minimum atomic E-state index is 0.240. The maximum Gasteiger partial charge on any atom is 0.222 e. The quantitative estimate of drug-likeness (QED) is 0.441. The van der Waals surface area contributed by atoms with Crippen LogP contribution in [0.1, 0.15) is 47.6 Å². The number of carbonyl (C=O) groups excluding carboxylic acids is 1. The SMILES string of the molecule is Cc1nn(-c2ccc3nnc(C)n3n2)c(C)c1CCC(=O)N1CCC(Cc2ccccc2)CC1. The fourth-order valence-electron chi connectivity index (χ4n) is 4.98. The number of aromatic nitrogens is 6. The average Bonchev–Trinajstić information content (AvgIpc) is 3.37. The van der Waals surface area contributed by atoms with Crippen molar-refractivity contribution in [2.75, 3.05) is 13.1 Å². The van der Waals surface area contributed by atoms with Crippen molar-refractivity contribution in [3.63, 3.8) is 0 Å². The number of fused-ring (bicyclic) bond motifs is 1. The lowest BCUT2D eigenvalue weighted by Crippen LogP contribution is -2.39. The van der Waals surface area contributed by atoms with Gasteiger partial charge in [-0.15, -0.1) is 15.3 Å². The number of benzene rings is 1. The van der Waals surface area contributed by atoms with E-state index in [1.807, 2.05) is 42.5 Å². The third-order valence-corrected chi connectivity index (χ3v) is 6.99. The molecule has 0 unspecified atom stereocenters. The predicted molar refractivity (Wildman–Crippen MR) is 130 cm³/mol. The van der Waals surface area contributed by atoms with E-state index in [0.717, 1.165) is 55.1 Å². The van der Waals surface area contributed by atoms with Crippen LogP contribution in [0.15, 0.2) is 42.5 Å². The molecule has 0 bridgehead atoms. The van der Waals surface area contributed by atoms with Crippen LogP contribution in [0.3, 0.4) is 0 Å². The molecule has 5 rings (SSSR count). The van der Waals surface area contributed by atoms with Gasteiger partial charge in [-0.25, -0.2) is 4.68 Å². The predicted octanol–water partition coefficient (Wildman–Crippen LogP) is 3.65. The van der Waals surface area contributed by atoms with Gasteiger partial charge in [0.2, 0.25) is 5.91 Å². The average molecular weight is 458 g/mol. The summed E-state index contributed by atoms with van der Waals surface area (Å²) in [6, 6.07) is 14.5. The first-order chi connectivity index (χ1) is 16.5. The highest BCUT2D eigenvalue weighted by Gasteiger charge is 2.24. The highest BCUT2D eigenvalue weighted by atomic mass is 16.2. The Morgan fingerprint density at radius 1 is 0.971 bits per heavy atom. The van der Waals surface area contributed by atoms with Crippen molar-refractivity contribution in [1.82, 2.24) is 34.5 Å². The van der Waals surface area contributed by atoms with Gasteiger partial charge in [0.1, 0.15) is 0 Å². The van der Waals surface area contributed by atoms with E-state index >= 15 is 0 Å². The number of amides is 1. The zero-order valence-electron chi connectivity index (χ0n) is 20.1. The highest BCUT2D eigenvalue weighted by Crippen LogP contribution is 2.23. The molecule has 34 heavy (non-hydrogen) atoms. The number of piperidine rings is 1. The van der Waals surface area contributed by atoms with Crippen molar-refractivity contribution < 1.29 is 4.79 Å². The van der Waals surface area contributed by atoms with Crippen LogP contribution < -0.4 is 0 Å². The summed E-state index contributed by atoms with van der Waals surface area (Å²) in [6.45, 7) is 7.63. The van der Waals surface area contributed by atoms with Gasteiger partial charge in [0.15, 0.2) is 17.3 Å². The third kappa shape index (κ3) is 4.44. The zero-order valence-corrected chi connectivity index (χ0v) is 20.1. The largest absolute Gasteiger partial charge is 0.343 e. The maximum atomic E-state index is 13.0. The number of hydrogen-bond acceptors (Lipinski definition) is 5. The smallest absolute Gasteiger partial charge is 0.222 e. The van der Waals surface area contributed by atoms with Gasteiger partial charge in [-0.05, 0) is 75.6 Å². The summed E-state index contributed by atoms with van der Waals surface area (Å²) in [5, 5.41) is 17.5. The number of aryl methyl sites for hydroxylation is 2. The van der Waals surface area contributed by atoms with E-state index in [1.165, 1.54) is 5.56 Å². The van der Waals surface area contributed by atoms with Gasteiger partial charge >= 0.3 is 0 Å². The second kappa shape index (κ2) is 9.37. The van der Waals surface area contributed by atoms with Gasteiger partial charge in [0.25, 0.3) is 0 Å². The molecule has 1 aliphatic rings. The van der Waals surface area contributed by atoms with Gasteiger partial charge in [-0.3, -0.25) is 4.79 Å². The Hall–Kier alpha value is -3.55. The molecule has 1 aliphatic heterocycles. The Balaban J connectivity index is 1.20. The van der Waals surface area contributed by atoms with Crippen LogP contribution in [0, 0.1) is 26.7 Å². The van der Waals surface area contributed by atoms with Crippen LogP contribution >= 0.6 is 0 Å². The summed E-state index contributed by atoms with van der Waals surface area (Å²) < 4.78 is 3.57. The van der Waals surface area contributed by atoms with Crippen molar-refractivity contribution in [2.45, 2.75) is 52.9 Å². The normalized spacial score (nSPS) is 14.7. The first-order valence-electron chi connectivity index (χ1n) is 12.1. The van der Waals surface area contributed by atoms with Crippen LogP contribution in [0.5, 0.6) is 0 Å². The second-order valence-electron chi connectivity index (χ2n) is 9.28. The third-order valence-electron chi connectivity index (χ3n) is 6.99. The minimum Gasteiger partial charge on any atom is -0.343 e. The summed E-state index contributed by atoms with van der Waals surface area (Å²) in [5.41, 5.74) is 5.18. The van der Waals surface area contributed by atoms with Gasteiger partial charge in [0, 0.05) is 25.2 Å². The van der Waals surface area contributed by atoms with Crippen LogP contribution in [0.25, 0.3) is 11.5 Å². The van der Waals surface area contributed by atoms with Crippen molar-refractivity contribution in [3.05, 3.63) is 70.8 Å². The zero-order chi connectivity index (χ0) is 23.7. The first kappa shape index (κ1) is 22.3. The standard InChI is InChI=1S/C26H31N7O/c1-18-23(19(2)32(29-18)25-11-10-24-28-27-20(3)33(24)30-25)9-12-26(34)31-15-13-22(14-16-31)17-21-7-5-4-6-8-21/h4-8,10-11,22H,9,12-17H2,1-3H3. The molecule has 8 heteroatoms. The van der Waals surface area contributed by atoms with Crippen LogP contribution in [-0.2, 0) is 17.6 Å². The Morgan fingerprint density at radius 3 is 2.50 bits per heavy atom. The van der Waals surface area contributed by atoms with Crippen LogP contribution in [0.4, 0.5) is 0 Å². The molecule has 8 nitrogen and oxygen atoms in total. The van der Waals surface area contributed by atoms with Gasteiger partial charge in [-0.2, -0.15) is 9.61 Å². The highest BCUT2D eigenvalue weighted by molar-refractivity contribution is 5.76. The molecule has 1 amide bonds. The Bertz CT molecular complexity index is 1300. The minimum absolute atomic E-state index is 0.240. The molecule has 0 saturated carbocycles. The van der Waals surface area contributed by atoms with Crippen molar-refractivity contribution in [3.8, 4) is 5.82 Å². The molecule has 0 aliphatic carbocycles.